The van der Waals surface area contributed by atoms with Gasteiger partial charge in [0.15, 0.2) is 0 Å². The van der Waals surface area contributed by atoms with Gasteiger partial charge in [0, 0.05) is 27.6 Å². The highest BCUT2D eigenvalue weighted by Gasteiger charge is 2.19. The molecular formula is C31H23N. The van der Waals surface area contributed by atoms with Crippen molar-refractivity contribution in [2.24, 2.45) is 0 Å². The molecule has 1 aromatic heterocycles. The summed E-state index contributed by atoms with van der Waals surface area (Å²) in [7, 11) is 0. The Morgan fingerprint density at radius 2 is 0.938 bits per heavy atom. The third-order valence-corrected chi connectivity index (χ3v) is 6.27. The Hall–Kier alpha value is -4.10. The molecule has 0 aliphatic heterocycles. The maximum Gasteiger partial charge on any atom is 0.0619 e. The van der Waals surface area contributed by atoms with E-state index in [-0.39, 0.29) is 0 Å². The van der Waals surface area contributed by atoms with Gasteiger partial charge >= 0.3 is 0 Å². The van der Waals surface area contributed by atoms with Gasteiger partial charge in [-0.1, -0.05) is 115 Å². The molecule has 5 aromatic carbocycles. The number of hydrogen-bond donors (Lipinski definition) is 0. The zero-order valence-corrected chi connectivity index (χ0v) is 18.0. The highest BCUT2D eigenvalue weighted by Crippen LogP contribution is 2.41. The average molecular weight is 410 g/mol. The molecule has 0 aliphatic carbocycles. The SMILES string of the molecule is Cc1ccc(-c2cccc3c4cccc(-c5ccccc5)c4n(-c4ccccc4)c23)cc1. The van der Waals surface area contributed by atoms with E-state index in [1.165, 1.54) is 55.3 Å². The van der Waals surface area contributed by atoms with Gasteiger partial charge in [0.25, 0.3) is 0 Å². The molecule has 0 amide bonds. The zero-order chi connectivity index (χ0) is 21.5. The molecule has 6 rings (SSSR count). The van der Waals surface area contributed by atoms with Crippen LogP contribution in [0, 0.1) is 6.92 Å². The molecule has 0 saturated carbocycles. The van der Waals surface area contributed by atoms with Gasteiger partial charge in [0.05, 0.1) is 11.0 Å². The predicted molar refractivity (Wildman–Crippen MR) is 136 cm³/mol. The van der Waals surface area contributed by atoms with E-state index in [9.17, 15) is 0 Å². The van der Waals surface area contributed by atoms with Crippen molar-refractivity contribution in [2.75, 3.05) is 0 Å². The summed E-state index contributed by atoms with van der Waals surface area (Å²) in [5.74, 6) is 0. The Labute approximate surface area is 188 Å². The van der Waals surface area contributed by atoms with E-state index >= 15 is 0 Å². The minimum atomic E-state index is 1.18. The zero-order valence-electron chi connectivity index (χ0n) is 18.0. The van der Waals surface area contributed by atoms with E-state index in [2.05, 4.69) is 133 Å². The van der Waals surface area contributed by atoms with E-state index in [0.717, 1.165) is 0 Å². The van der Waals surface area contributed by atoms with Gasteiger partial charge in [-0.3, -0.25) is 0 Å². The standard InChI is InChI=1S/C31H23N/c1-22-18-20-24(21-19-22)27-15-9-17-29-28-16-8-14-26(23-10-4-2-5-11-23)30(28)32(31(27)29)25-12-6-3-7-13-25/h2-21H,1H3. The first-order chi connectivity index (χ1) is 15.8. The van der Waals surface area contributed by atoms with Crippen molar-refractivity contribution >= 4 is 21.8 Å². The van der Waals surface area contributed by atoms with Gasteiger partial charge in [-0.25, -0.2) is 0 Å². The van der Waals surface area contributed by atoms with Crippen molar-refractivity contribution in [3.05, 3.63) is 127 Å². The largest absolute Gasteiger partial charge is 0.308 e. The molecule has 1 nitrogen and oxygen atoms in total. The summed E-state index contributed by atoms with van der Waals surface area (Å²) in [6.45, 7) is 2.14. The quantitative estimate of drug-likeness (QED) is 0.276. The predicted octanol–water partition coefficient (Wildman–Crippen LogP) is 8.43. The average Bonchev–Trinajstić information content (AvgIpc) is 3.20. The molecule has 0 atom stereocenters. The van der Waals surface area contributed by atoms with Crippen molar-refractivity contribution in [1.29, 1.82) is 0 Å². The first-order valence-corrected chi connectivity index (χ1v) is 11.1. The summed E-state index contributed by atoms with van der Waals surface area (Å²) in [5, 5.41) is 2.55. The lowest BCUT2D eigenvalue weighted by Crippen LogP contribution is -1.96. The summed E-state index contributed by atoms with van der Waals surface area (Å²) < 4.78 is 2.45. The molecule has 0 unspecified atom stereocenters. The summed E-state index contributed by atoms with van der Waals surface area (Å²) in [4.78, 5) is 0. The van der Waals surface area contributed by atoms with Gasteiger partial charge in [-0.05, 0) is 30.2 Å². The first kappa shape index (κ1) is 18.7. The fraction of sp³-hybridized carbons (Fsp3) is 0.0323. The highest BCUT2D eigenvalue weighted by molar-refractivity contribution is 6.17. The number of nitrogens with zero attached hydrogens (tertiary/aromatic N) is 1. The summed E-state index contributed by atoms with van der Waals surface area (Å²) in [6.07, 6.45) is 0. The van der Waals surface area contributed by atoms with Gasteiger partial charge < -0.3 is 4.57 Å². The molecule has 0 aliphatic rings. The van der Waals surface area contributed by atoms with Crippen LogP contribution < -0.4 is 0 Å². The Kier molecular flexibility index (Phi) is 4.40. The van der Waals surface area contributed by atoms with Crippen molar-refractivity contribution < 1.29 is 0 Å². The minimum Gasteiger partial charge on any atom is -0.308 e. The van der Waals surface area contributed by atoms with Crippen LogP contribution in [-0.4, -0.2) is 4.57 Å². The van der Waals surface area contributed by atoms with Crippen molar-refractivity contribution in [1.82, 2.24) is 4.57 Å². The lowest BCUT2D eigenvalue weighted by atomic mass is 10.00. The second kappa shape index (κ2) is 7.55. The molecule has 0 spiro atoms. The molecular weight excluding hydrogens is 386 g/mol. The van der Waals surface area contributed by atoms with E-state index in [4.69, 9.17) is 0 Å². The molecule has 6 aromatic rings. The van der Waals surface area contributed by atoms with Gasteiger partial charge in [-0.2, -0.15) is 0 Å². The molecule has 1 heterocycles. The fourth-order valence-corrected chi connectivity index (χ4v) is 4.77. The molecule has 0 fully saturated rings. The topological polar surface area (TPSA) is 4.93 Å². The summed E-state index contributed by atoms with van der Waals surface area (Å²) >= 11 is 0. The van der Waals surface area contributed by atoms with E-state index < -0.39 is 0 Å². The molecule has 1 heteroatoms. The van der Waals surface area contributed by atoms with Crippen LogP contribution in [0.3, 0.4) is 0 Å². The van der Waals surface area contributed by atoms with Crippen LogP contribution in [0.25, 0.3) is 49.7 Å². The van der Waals surface area contributed by atoms with E-state index in [1.54, 1.807) is 0 Å². The number of aryl methyl sites for hydroxylation is 1. The number of benzene rings is 5. The van der Waals surface area contributed by atoms with Crippen molar-refractivity contribution in [2.45, 2.75) is 6.92 Å². The van der Waals surface area contributed by atoms with Crippen LogP contribution in [0.15, 0.2) is 121 Å². The normalized spacial score (nSPS) is 11.3. The lowest BCUT2D eigenvalue weighted by Gasteiger charge is -2.14. The van der Waals surface area contributed by atoms with Crippen LogP contribution in [-0.2, 0) is 0 Å². The number of fused-ring (bicyclic) bond motifs is 3. The second-order valence-electron chi connectivity index (χ2n) is 8.31. The Balaban J connectivity index is 1.81. The monoisotopic (exact) mass is 409 g/mol. The second-order valence-corrected chi connectivity index (χ2v) is 8.31. The number of hydrogen-bond acceptors (Lipinski definition) is 0. The number of aromatic nitrogens is 1. The first-order valence-electron chi connectivity index (χ1n) is 11.1. The van der Waals surface area contributed by atoms with E-state index in [1.807, 2.05) is 0 Å². The summed E-state index contributed by atoms with van der Waals surface area (Å²) in [5.41, 5.74) is 9.92. The molecule has 0 radical (unpaired) electrons. The Morgan fingerprint density at radius 1 is 0.438 bits per heavy atom. The smallest absolute Gasteiger partial charge is 0.0619 e. The van der Waals surface area contributed by atoms with Crippen LogP contribution in [0.4, 0.5) is 0 Å². The minimum absolute atomic E-state index is 1.18. The van der Waals surface area contributed by atoms with Gasteiger partial charge in [-0.15, -0.1) is 0 Å². The van der Waals surface area contributed by atoms with Gasteiger partial charge in [0.2, 0.25) is 0 Å². The van der Waals surface area contributed by atoms with Crippen molar-refractivity contribution in [3.63, 3.8) is 0 Å². The third-order valence-electron chi connectivity index (χ3n) is 6.27. The highest BCUT2D eigenvalue weighted by atomic mass is 15.0. The lowest BCUT2D eigenvalue weighted by molar-refractivity contribution is 1.18. The van der Waals surface area contributed by atoms with Gasteiger partial charge in [0.1, 0.15) is 0 Å². The molecule has 32 heavy (non-hydrogen) atoms. The maximum absolute atomic E-state index is 2.45. The van der Waals surface area contributed by atoms with Crippen LogP contribution in [0.5, 0.6) is 0 Å². The van der Waals surface area contributed by atoms with Crippen LogP contribution in [0.1, 0.15) is 5.56 Å². The number of para-hydroxylation sites is 3. The van der Waals surface area contributed by atoms with E-state index in [0.29, 0.717) is 0 Å². The summed E-state index contributed by atoms with van der Waals surface area (Å²) in [6, 6.07) is 43.6. The third kappa shape index (κ3) is 2.94. The molecule has 0 N–H and O–H groups in total. The van der Waals surface area contributed by atoms with Crippen LogP contribution >= 0.6 is 0 Å². The Bertz CT molecular complexity index is 1540. The molecule has 0 saturated heterocycles. The van der Waals surface area contributed by atoms with Crippen LogP contribution in [0.2, 0.25) is 0 Å². The Morgan fingerprint density at radius 3 is 1.50 bits per heavy atom. The molecule has 0 bridgehead atoms. The van der Waals surface area contributed by atoms with Crippen molar-refractivity contribution in [3.8, 4) is 27.9 Å². The fourth-order valence-electron chi connectivity index (χ4n) is 4.77. The molecule has 152 valence electrons. The maximum atomic E-state index is 2.45. The number of rotatable bonds is 3.